The number of piperazine rings is 1. The van der Waals surface area contributed by atoms with Crippen molar-refractivity contribution < 1.29 is 9.59 Å². The normalized spacial score (nSPS) is 24.6. The fourth-order valence-electron chi connectivity index (χ4n) is 2.98. The second-order valence-corrected chi connectivity index (χ2v) is 6.03. The van der Waals surface area contributed by atoms with Crippen molar-refractivity contribution in [1.29, 1.82) is 0 Å². The Morgan fingerprint density at radius 3 is 2.39 bits per heavy atom. The molecule has 2 fully saturated rings. The summed E-state index contributed by atoms with van der Waals surface area (Å²) in [4.78, 5) is 26.9. The second kappa shape index (κ2) is 5.51. The van der Waals surface area contributed by atoms with Gasteiger partial charge in [0.15, 0.2) is 0 Å². The van der Waals surface area contributed by atoms with E-state index in [-0.39, 0.29) is 30.3 Å². The van der Waals surface area contributed by atoms with Crippen LogP contribution in [0.1, 0.15) is 32.1 Å². The van der Waals surface area contributed by atoms with Crippen molar-refractivity contribution in [3.8, 4) is 0 Å². The Morgan fingerprint density at radius 2 is 1.78 bits per heavy atom. The molecule has 1 aliphatic carbocycles. The molecule has 0 unspecified atom stereocenters. The van der Waals surface area contributed by atoms with E-state index in [1.165, 1.54) is 24.2 Å². The van der Waals surface area contributed by atoms with E-state index in [0.29, 0.717) is 6.54 Å². The van der Waals surface area contributed by atoms with Crippen LogP contribution in [-0.2, 0) is 9.59 Å². The lowest BCUT2D eigenvalue weighted by Gasteiger charge is -2.42. The first-order chi connectivity index (χ1) is 8.56. The van der Waals surface area contributed by atoms with Gasteiger partial charge < -0.3 is 9.80 Å². The van der Waals surface area contributed by atoms with Crippen molar-refractivity contribution in [2.75, 3.05) is 32.4 Å². The highest BCUT2D eigenvalue weighted by molar-refractivity contribution is 7.80. The van der Waals surface area contributed by atoms with E-state index in [4.69, 9.17) is 0 Å². The molecule has 102 valence electrons. The maximum Gasteiger partial charge on any atom is 0.242 e. The van der Waals surface area contributed by atoms with E-state index >= 15 is 0 Å². The Labute approximate surface area is 114 Å². The summed E-state index contributed by atoms with van der Waals surface area (Å²) < 4.78 is 0. The molecule has 1 saturated heterocycles. The monoisotopic (exact) mass is 270 g/mol. The lowest BCUT2D eigenvalue weighted by Crippen LogP contribution is -2.55. The first-order valence-corrected chi connectivity index (χ1v) is 7.32. The van der Waals surface area contributed by atoms with Crippen LogP contribution < -0.4 is 0 Å². The van der Waals surface area contributed by atoms with Crippen molar-refractivity contribution in [3.05, 3.63) is 0 Å². The highest BCUT2D eigenvalue weighted by Gasteiger charge is 2.37. The van der Waals surface area contributed by atoms with Crippen LogP contribution >= 0.6 is 12.6 Å². The van der Waals surface area contributed by atoms with E-state index < -0.39 is 0 Å². The quantitative estimate of drug-likeness (QED) is 0.782. The molecule has 2 rings (SSSR count). The lowest BCUT2D eigenvalue weighted by atomic mass is 9.75. The molecule has 0 aromatic carbocycles. The van der Waals surface area contributed by atoms with Crippen LogP contribution in [-0.4, -0.2) is 54.0 Å². The Bertz CT molecular complexity index is 340. The number of amides is 2. The smallest absolute Gasteiger partial charge is 0.242 e. The summed E-state index contributed by atoms with van der Waals surface area (Å²) in [5, 5.41) is 0. The highest BCUT2D eigenvalue weighted by atomic mass is 32.1. The minimum absolute atomic E-state index is 0.0414. The average molecular weight is 270 g/mol. The van der Waals surface area contributed by atoms with Gasteiger partial charge in [-0.3, -0.25) is 9.59 Å². The minimum Gasteiger partial charge on any atom is -0.335 e. The van der Waals surface area contributed by atoms with Gasteiger partial charge in [-0.1, -0.05) is 19.3 Å². The number of likely N-dealkylation sites (N-methyl/N-ethyl adjacent to an activating group) is 1. The van der Waals surface area contributed by atoms with Gasteiger partial charge in [0.1, 0.15) is 0 Å². The van der Waals surface area contributed by atoms with Crippen molar-refractivity contribution in [3.63, 3.8) is 0 Å². The van der Waals surface area contributed by atoms with Gasteiger partial charge in [0, 0.05) is 13.6 Å². The zero-order chi connectivity index (χ0) is 13.2. The Hall–Kier alpha value is -0.710. The molecule has 1 heterocycles. The minimum atomic E-state index is 0.0414. The molecule has 0 aromatic rings. The molecule has 0 radical (unpaired) electrons. The summed E-state index contributed by atoms with van der Waals surface area (Å²) in [6.07, 6.45) is 5.98. The van der Waals surface area contributed by atoms with Crippen LogP contribution in [0.3, 0.4) is 0 Å². The molecule has 0 spiro atoms. The van der Waals surface area contributed by atoms with Crippen molar-refractivity contribution in [2.45, 2.75) is 32.1 Å². The van der Waals surface area contributed by atoms with Crippen LogP contribution in [0, 0.1) is 5.41 Å². The van der Waals surface area contributed by atoms with Gasteiger partial charge in [-0.2, -0.15) is 12.6 Å². The van der Waals surface area contributed by atoms with Crippen LogP contribution in [0.4, 0.5) is 0 Å². The Morgan fingerprint density at radius 1 is 1.11 bits per heavy atom. The van der Waals surface area contributed by atoms with E-state index in [1.807, 2.05) is 0 Å². The third kappa shape index (κ3) is 2.82. The van der Waals surface area contributed by atoms with Gasteiger partial charge in [0.05, 0.1) is 13.1 Å². The number of hydrogen-bond acceptors (Lipinski definition) is 3. The van der Waals surface area contributed by atoms with Crippen LogP contribution in [0.15, 0.2) is 0 Å². The maximum atomic E-state index is 12.0. The summed E-state index contributed by atoms with van der Waals surface area (Å²) in [6, 6.07) is 0. The maximum absolute atomic E-state index is 12.0. The van der Waals surface area contributed by atoms with Crippen molar-refractivity contribution in [1.82, 2.24) is 9.80 Å². The number of thiol groups is 1. The van der Waals surface area contributed by atoms with Crippen molar-refractivity contribution in [2.24, 2.45) is 5.41 Å². The molecule has 4 nitrogen and oxygen atoms in total. The van der Waals surface area contributed by atoms with Crippen LogP contribution in [0.5, 0.6) is 0 Å². The summed E-state index contributed by atoms with van der Waals surface area (Å²) in [7, 11) is 1.69. The van der Waals surface area contributed by atoms with Gasteiger partial charge in [0.25, 0.3) is 0 Å². The largest absolute Gasteiger partial charge is 0.335 e. The molecule has 18 heavy (non-hydrogen) atoms. The van der Waals surface area contributed by atoms with Gasteiger partial charge in [0.2, 0.25) is 11.8 Å². The molecule has 0 aromatic heterocycles. The third-order valence-corrected chi connectivity index (χ3v) is 4.92. The first-order valence-electron chi connectivity index (χ1n) is 6.69. The molecule has 5 heteroatoms. The first kappa shape index (κ1) is 13.7. The zero-order valence-corrected chi connectivity index (χ0v) is 11.9. The number of nitrogens with zero attached hydrogens (tertiary/aromatic N) is 2. The molecule has 0 atom stereocenters. The van der Waals surface area contributed by atoms with Gasteiger partial charge in [-0.15, -0.1) is 0 Å². The SMILES string of the molecule is CN1CC(=O)N(CC2(CS)CCCCC2)CC1=O. The predicted octanol–water partition coefficient (Wildman–Crippen LogP) is 1.17. The third-order valence-electron chi connectivity index (χ3n) is 4.25. The summed E-state index contributed by atoms with van der Waals surface area (Å²) in [5.74, 6) is 0.921. The molecule has 2 amide bonds. The Balaban J connectivity index is 2.02. The lowest BCUT2D eigenvalue weighted by molar-refractivity contribution is -0.150. The number of rotatable bonds is 3. The Kier molecular flexibility index (Phi) is 4.20. The molecular weight excluding hydrogens is 248 g/mol. The van der Waals surface area contributed by atoms with E-state index in [9.17, 15) is 9.59 Å². The van der Waals surface area contributed by atoms with Gasteiger partial charge >= 0.3 is 0 Å². The molecule has 1 saturated carbocycles. The standard InChI is InChI=1S/C13H22N2O2S/c1-14-7-12(17)15(8-11(14)16)9-13(10-18)5-3-2-4-6-13/h18H,2-10H2,1H3. The van der Waals surface area contributed by atoms with Crippen molar-refractivity contribution >= 4 is 24.4 Å². The fourth-order valence-corrected chi connectivity index (χ4v) is 3.40. The highest BCUT2D eigenvalue weighted by Crippen LogP contribution is 2.38. The zero-order valence-electron chi connectivity index (χ0n) is 11.0. The second-order valence-electron chi connectivity index (χ2n) is 5.72. The predicted molar refractivity (Wildman–Crippen MR) is 73.6 cm³/mol. The summed E-state index contributed by atoms with van der Waals surface area (Å²) in [5.41, 5.74) is 0.132. The van der Waals surface area contributed by atoms with Crippen LogP contribution in [0.2, 0.25) is 0 Å². The molecule has 2 aliphatic rings. The van der Waals surface area contributed by atoms with Crippen LogP contribution in [0.25, 0.3) is 0 Å². The summed E-state index contributed by atoms with van der Waals surface area (Å²) >= 11 is 4.49. The van der Waals surface area contributed by atoms with E-state index in [0.717, 1.165) is 18.6 Å². The topological polar surface area (TPSA) is 40.6 Å². The average Bonchev–Trinajstić information content (AvgIpc) is 2.37. The van der Waals surface area contributed by atoms with E-state index in [2.05, 4.69) is 12.6 Å². The molecule has 0 N–H and O–H groups in total. The van der Waals surface area contributed by atoms with Gasteiger partial charge in [-0.25, -0.2) is 0 Å². The summed E-state index contributed by atoms with van der Waals surface area (Å²) in [6.45, 7) is 1.17. The fraction of sp³-hybridized carbons (Fsp3) is 0.846. The molecule has 0 bridgehead atoms. The number of carbonyl (C=O) groups excluding carboxylic acids is 2. The van der Waals surface area contributed by atoms with E-state index in [1.54, 1.807) is 11.9 Å². The number of carbonyl (C=O) groups is 2. The number of hydrogen-bond donors (Lipinski definition) is 1. The van der Waals surface area contributed by atoms with Gasteiger partial charge in [-0.05, 0) is 24.0 Å². The molecular formula is C13H22N2O2S. The molecule has 1 aliphatic heterocycles.